The molecule has 0 aliphatic rings. The molecule has 6 nitrogen and oxygen atoms in total. The number of aromatic nitrogens is 1. The number of hydrogen-bond donors (Lipinski definition) is 1. The number of nitrogens with zero attached hydrogens (tertiary/aromatic N) is 2. The molecule has 0 saturated carbocycles. The number of pyridine rings is 1. The number of carbonyl (C=O) groups is 3. The van der Waals surface area contributed by atoms with Gasteiger partial charge in [-0.15, -0.1) is 0 Å². The van der Waals surface area contributed by atoms with E-state index in [0.29, 0.717) is 6.42 Å². The average Bonchev–Trinajstić information content (AvgIpc) is 3.32. The van der Waals surface area contributed by atoms with Gasteiger partial charge in [-0.3, -0.25) is 19.4 Å². The number of benzene rings is 1. The molecule has 0 radical (unpaired) electrons. The summed E-state index contributed by atoms with van der Waals surface area (Å²) in [7, 11) is 0. The monoisotopic (exact) mass is 523 g/mol. The maximum Gasteiger partial charge on any atom is 0.450 e. The number of ketones is 1. The minimum atomic E-state index is -4.86. The highest BCUT2D eigenvalue weighted by Crippen LogP contribution is 2.22. The Balaban J connectivity index is 1.73. The van der Waals surface area contributed by atoms with E-state index in [-0.39, 0.29) is 31.0 Å². The summed E-state index contributed by atoms with van der Waals surface area (Å²) >= 11 is 2.29. The minimum absolute atomic E-state index is 0.0864. The minimum Gasteiger partial charge on any atom is -0.368 e. The smallest absolute Gasteiger partial charge is 0.368 e. The molecule has 0 unspecified atom stereocenters. The second-order valence-corrected chi connectivity index (χ2v) is 9.79. The van der Waals surface area contributed by atoms with Gasteiger partial charge in [0, 0.05) is 18.1 Å². The van der Waals surface area contributed by atoms with Gasteiger partial charge in [0.25, 0.3) is 0 Å². The van der Waals surface area contributed by atoms with Crippen molar-refractivity contribution in [3.8, 4) is 0 Å². The lowest BCUT2D eigenvalue weighted by molar-refractivity contribution is -0.167. The lowest BCUT2D eigenvalue weighted by atomic mass is 10.1. The van der Waals surface area contributed by atoms with Crippen LogP contribution in [0.25, 0.3) is 10.9 Å². The fraction of sp³-hybridized carbons (Fsp3) is 0.333. The van der Waals surface area contributed by atoms with E-state index >= 15 is 0 Å². The van der Waals surface area contributed by atoms with Crippen LogP contribution in [0.4, 0.5) is 13.2 Å². The zero-order valence-corrected chi connectivity index (χ0v) is 20.3. The molecule has 3 aromatic rings. The third kappa shape index (κ3) is 7.79. The summed E-state index contributed by atoms with van der Waals surface area (Å²) in [5, 5.41) is 4.59. The number of alkyl halides is 3. The van der Waals surface area contributed by atoms with E-state index in [9.17, 15) is 27.6 Å². The molecule has 0 fully saturated rings. The number of Topliss-reactive ketones (excluding diaryl/α,β-unsaturated/α-hetero) is 1. The van der Waals surface area contributed by atoms with Crippen LogP contribution in [0.2, 0.25) is 0 Å². The van der Waals surface area contributed by atoms with Crippen LogP contribution in [-0.4, -0.2) is 51.2 Å². The van der Waals surface area contributed by atoms with Crippen molar-refractivity contribution < 1.29 is 27.6 Å². The fourth-order valence-electron chi connectivity index (χ4n) is 3.52. The molecule has 11 heteroatoms. The molecule has 0 spiro atoms. The van der Waals surface area contributed by atoms with Crippen LogP contribution < -0.4 is 5.73 Å². The van der Waals surface area contributed by atoms with Gasteiger partial charge in [0.1, 0.15) is 6.04 Å². The Morgan fingerprint density at radius 1 is 1.14 bits per heavy atom. The molecule has 2 amide bonds. The summed E-state index contributed by atoms with van der Waals surface area (Å²) in [4.78, 5) is 42.5. The van der Waals surface area contributed by atoms with Crippen molar-refractivity contribution in [1.82, 2.24) is 9.88 Å². The van der Waals surface area contributed by atoms with Gasteiger partial charge in [-0.05, 0) is 58.7 Å². The Morgan fingerprint density at radius 3 is 2.60 bits per heavy atom. The van der Waals surface area contributed by atoms with E-state index in [0.717, 1.165) is 33.8 Å². The molecule has 3 rings (SSSR count). The lowest BCUT2D eigenvalue weighted by Gasteiger charge is -2.30. The number of thiophene rings is 1. The molecule has 2 heterocycles. The Labute approximate surface area is 208 Å². The maximum absolute atomic E-state index is 13.2. The maximum atomic E-state index is 13.2. The SMILES string of the molecule is NC(=O)[C@H](CCCSCC(=O)C(F)(F)F)N(Cc1cnc2ccccc2c1)C(=O)Cc1ccsc1. The Bertz CT molecular complexity index is 1170. The van der Waals surface area contributed by atoms with Crippen LogP contribution >= 0.6 is 23.1 Å². The normalized spacial score (nSPS) is 12.4. The number of fused-ring (bicyclic) bond motifs is 1. The number of rotatable bonds is 12. The van der Waals surface area contributed by atoms with Crippen LogP contribution in [0.1, 0.15) is 24.0 Å². The van der Waals surface area contributed by atoms with E-state index in [1.54, 1.807) is 6.20 Å². The van der Waals surface area contributed by atoms with E-state index in [1.165, 1.54) is 16.2 Å². The van der Waals surface area contributed by atoms with E-state index < -0.39 is 29.7 Å². The number of halogens is 3. The van der Waals surface area contributed by atoms with Crippen molar-refractivity contribution in [2.75, 3.05) is 11.5 Å². The first kappa shape index (κ1) is 26.7. The Morgan fingerprint density at radius 2 is 1.91 bits per heavy atom. The fourth-order valence-corrected chi connectivity index (χ4v) is 5.05. The molecule has 2 aromatic heterocycles. The first-order valence-corrected chi connectivity index (χ1v) is 12.9. The van der Waals surface area contributed by atoms with Crippen LogP contribution in [0, 0.1) is 0 Å². The van der Waals surface area contributed by atoms with Crippen molar-refractivity contribution >= 4 is 51.6 Å². The Kier molecular flexibility index (Phi) is 9.27. The van der Waals surface area contributed by atoms with E-state index in [2.05, 4.69) is 4.98 Å². The Hall–Kier alpha value is -2.92. The molecule has 2 N–H and O–H groups in total. The summed E-state index contributed by atoms with van der Waals surface area (Å²) in [6, 6.07) is 10.3. The molecule has 35 heavy (non-hydrogen) atoms. The van der Waals surface area contributed by atoms with Gasteiger partial charge in [-0.25, -0.2) is 0 Å². The highest BCUT2D eigenvalue weighted by Gasteiger charge is 2.37. The van der Waals surface area contributed by atoms with Gasteiger partial charge >= 0.3 is 6.18 Å². The predicted octanol–water partition coefficient (Wildman–Crippen LogP) is 4.37. The molecule has 0 aliphatic carbocycles. The van der Waals surface area contributed by atoms with Crippen LogP contribution in [0.5, 0.6) is 0 Å². The average molecular weight is 524 g/mol. The van der Waals surface area contributed by atoms with Gasteiger partial charge in [0.05, 0.1) is 17.7 Å². The van der Waals surface area contributed by atoms with Gasteiger partial charge in [-0.2, -0.15) is 36.3 Å². The van der Waals surface area contributed by atoms with Gasteiger partial charge in [0.15, 0.2) is 0 Å². The first-order chi connectivity index (χ1) is 16.6. The molecule has 0 aliphatic heterocycles. The zero-order valence-electron chi connectivity index (χ0n) is 18.7. The largest absolute Gasteiger partial charge is 0.450 e. The molecule has 186 valence electrons. The number of para-hydroxylation sites is 1. The lowest BCUT2D eigenvalue weighted by Crippen LogP contribution is -2.48. The van der Waals surface area contributed by atoms with Gasteiger partial charge in [-0.1, -0.05) is 18.2 Å². The molecule has 0 saturated heterocycles. The van der Waals surface area contributed by atoms with Crippen molar-refractivity contribution in [1.29, 1.82) is 0 Å². The summed E-state index contributed by atoms with van der Waals surface area (Å²) in [5.74, 6) is -3.26. The molecular formula is C24H24F3N3O3S2. The predicted molar refractivity (Wildman–Crippen MR) is 131 cm³/mol. The van der Waals surface area contributed by atoms with Gasteiger partial charge < -0.3 is 10.6 Å². The number of amides is 2. The number of hydrogen-bond acceptors (Lipinski definition) is 6. The second kappa shape index (κ2) is 12.2. The third-order valence-electron chi connectivity index (χ3n) is 5.28. The second-order valence-electron chi connectivity index (χ2n) is 7.90. The number of nitrogens with two attached hydrogens (primary N) is 1. The number of thioether (sulfide) groups is 1. The van der Waals surface area contributed by atoms with Crippen LogP contribution in [0.15, 0.2) is 53.4 Å². The molecule has 0 bridgehead atoms. The molecule has 1 atom stereocenters. The van der Waals surface area contributed by atoms with Crippen LogP contribution in [-0.2, 0) is 27.3 Å². The number of primary amides is 1. The highest BCUT2D eigenvalue weighted by atomic mass is 32.2. The van der Waals surface area contributed by atoms with Crippen molar-refractivity contribution in [3.05, 3.63) is 64.5 Å². The standard InChI is InChI=1S/C24H24F3N3O3S2/c25-24(26,27)21(31)15-34-8-3-6-20(23(28)33)30(22(32)11-16-7-9-35-14-16)13-17-10-18-4-1-2-5-19(18)29-12-17/h1-2,4-5,7,9-10,12,14,20H,3,6,8,11,13,15H2,(H2,28,33)/t20-/m0/s1. The van der Waals surface area contributed by atoms with Crippen molar-refractivity contribution in [2.24, 2.45) is 5.73 Å². The topological polar surface area (TPSA) is 93.4 Å². The summed E-state index contributed by atoms with van der Waals surface area (Å²) in [6.45, 7) is 0.105. The number of carbonyl (C=O) groups excluding carboxylic acids is 3. The summed E-state index contributed by atoms with van der Waals surface area (Å²) < 4.78 is 37.1. The quantitative estimate of drug-likeness (QED) is 0.356. The molecular weight excluding hydrogens is 499 g/mol. The first-order valence-electron chi connectivity index (χ1n) is 10.8. The van der Waals surface area contributed by atoms with E-state index in [4.69, 9.17) is 5.73 Å². The van der Waals surface area contributed by atoms with Crippen molar-refractivity contribution in [2.45, 2.75) is 38.0 Å². The van der Waals surface area contributed by atoms with Crippen molar-refractivity contribution in [3.63, 3.8) is 0 Å². The zero-order chi connectivity index (χ0) is 25.4. The third-order valence-corrected chi connectivity index (χ3v) is 7.05. The summed E-state index contributed by atoms with van der Waals surface area (Å²) in [5.41, 5.74) is 7.98. The van der Waals surface area contributed by atoms with E-state index in [1.807, 2.05) is 47.2 Å². The van der Waals surface area contributed by atoms with Crippen LogP contribution in [0.3, 0.4) is 0 Å². The highest BCUT2D eigenvalue weighted by molar-refractivity contribution is 7.99. The summed E-state index contributed by atoms with van der Waals surface area (Å²) in [6.07, 6.45) is -2.66. The van der Waals surface area contributed by atoms with Gasteiger partial charge in [0.2, 0.25) is 17.6 Å². The molecule has 1 aromatic carbocycles.